The van der Waals surface area contributed by atoms with E-state index in [2.05, 4.69) is 0 Å². The highest BCUT2D eigenvalue weighted by molar-refractivity contribution is 6.00. The molecule has 3 N–H and O–H groups in total. The Morgan fingerprint density at radius 1 is 1.14 bits per heavy atom. The van der Waals surface area contributed by atoms with Gasteiger partial charge in [0.1, 0.15) is 5.75 Å². The van der Waals surface area contributed by atoms with Crippen LogP contribution in [0.25, 0.3) is 0 Å². The standard InChI is InChI=1S/C17H17NO2.ClH/c18-14-5-1-11(2-6-14)9-13-4-3-12-10-15(19)7-8-16(12)17(13)20;/h1-2,5-8,10,13,19H,3-4,9,18H2;1H. The molecule has 3 rings (SSSR count). The quantitative estimate of drug-likeness (QED) is 0.836. The van der Waals surface area contributed by atoms with Gasteiger partial charge in [0.15, 0.2) is 5.78 Å². The average molecular weight is 304 g/mol. The van der Waals surface area contributed by atoms with Gasteiger partial charge in [0, 0.05) is 17.2 Å². The Hall–Kier alpha value is -2.00. The molecule has 2 aromatic rings. The van der Waals surface area contributed by atoms with E-state index >= 15 is 0 Å². The average Bonchev–Trinajstić information content (AvgIpc) is 2.44. The van der Waals surface area contributed by atoms with Gasteiger partial charge in [-0.2, -0.15) is 0 Å². The molecule has 0 aliphatic heterocycles. The van der Waals surface area contributed by atoms with Gasteiger partial charge >= 0.3 is 0 Å². The summed E-state index contributed by atoms with van der Waals surface area (Å²) < 4.78 is 0. The van der Waals surface area contributed by atoms with Crippen molar-refractivity contribution < 1.29 is 9.90 Å². The fourth-order valence-electron chi connectivity index (χ4n) is 2.84. The predicted molar refractivity (Wildman–Crippen MR) is 86.1 cm³/mol. The van der Waals surface area contributed by atoms with Crippen molar-refractivity contribution in [3.63, 3.8) is 0 Å². The van der Waals surface area contributed by atoms with Gasteiger partial charge in [0.25, 0.3) is 0 Å². The van der Waals surface area contributed by atoms with Gasteiger partial charge in [-0.1, -0.05) is 12.1 Å². The number of hydrogen-bond donors (Lipinski definition) is 2. The highest BCUT2D eigenvalue weighted by Crippen LogP contribution is 2.30. The van der Waals surface area contributed by atoms with Crippen LogP contribution in [0.1, 0.15) is 27.9 Å². The zero-order valence-electron chi connectivity index (χ0n) is 11.6. The summed E-state index contributed by atoms with van der Waals surface area (Å²) in [5.74, 6) is 0.437. The van der Waals surface area contributed by atoms with Crippen LogP contribution in [0.15, 0.2) is 42.5 Å². The van der Waals surface area contributed by atoms with E-state index in [0.717, 1.165) is 41.6 Å². The minimum Gasteiger partial charge on any atom is -0.508 e. The molecule has 0 aromatic heterocycles. The Bertz CT molecular complexity index is 652. The van der Waals surface area contributed by atoms with Crippen LogP contribution in [0.3, 0.4) is 0 Å². The second kappa shape index (κ2) is 6.19. The summed E-state index contributed by atoms with van der Waals surface area (Å²) >= 11 is 0. The van der Waals surface area contributed by atoms with Crippen LogP contribution in [0.2, 0.25) is 0 Å². The molecular formula is C17H18ClNO2. The summed E-state index contributed by atoms with van der Waals surface area (Å²) in [5.41, 5.74) is 9.27. The topological polar surface area (TPSA) is 63.3 Å². The fraction of sp³-hybridized carbons (Fsp3) is 0.235. The number of nitrogens with two attached hydrogens (primary N) is 1. The molecule has 0 heterocycles. The van der Waals surface area contributed by atoms with Crippen LogP contribution in [-0.4, -0.2) is 10.9 Å². The maximum atomic E-state index is 12.5. The largest absolute Gasteiger partial charge is 0.508 e. The first-order valence-electron chi connectivity index (χ1n) is 6.84. The highest BCUT2D eigenvalue weighted by atomic mass is 35.5. The van der Waals surface area contributed by atoms with Gasteiger partial charge in [-0.25, -0.2) is 0 Å². The van der Waals surface area contributed by atoms with Crippen LogP contribution in [-0.2, 0) is 12.8 Å². The molecular weight excluding hydrogens is 286 g/mol. The minimum absolute atomic E-state index is 0. The summed E-state index contributed by atoms with van der Waals surface area (Å²) in [7, 11) is 0. The number of aromatic hydroxyl groups is 1. The number of phenols is 1. The zero-order chi connectivity index (χ0) is 14.1. The third-order valence-electron chi connectivity index (χ3n) is 3.95. The smallest absolute Gasteiger partial charge is 0.166 e. The maximum Gasteiger partial charge on any atom is 0.166 e. The van der Waals surface area contributed by atoms with Crippen LogP contribution < -0.4 is 5.73 Å². The number of rotatable bonds is 2. The predicted octanol–water partition coefficient (Wildman–Crippen LogP) is 3.38. The van der Waals surface area contributed by atoms with E-state index in [4.69, 9.17) is 5.73 Å². The van der Waals surface area contributed by atoms with Crippen molar-refractivity contribution in [1.29, 1.82) is 0 Å². The Morgan fingerprint density at radius 2 is 1.86 bits per heavy atom. The van der Waals surface area contributed by atoms with E-state index in [1.807, 2.05) is 24.3 Å². The lowest BCUT2D eigenvalue weighted by Gasteiger charge is -2.23. The number of ketones is 1. The number of aryl methyl sites for hydroxylation is 1. The van der Waals surface area contributed by atoms with Crippen molar-refractivity contribution >= 4 is 23.9 Å². The first kappa shape index (κ1) is 15.4. The molecule has 0 saturated carbocycles. The Labute approximate surface area is 130 Å². The Morgan fingerprint density at radius 3 is 2.57 bits per heavy atom. The number of carbonyl (C=O) groups is 1. The number of carbonyl (C=O) groups excluding carboxylic acids is 1. The van der Waals surface area contributed by atoms with Crippen molar-refractivity contribution in [1.82, 2.24) is 0 Å². The van der Waals surface area contributed by atoms with Gasteiger partial charge in [-0.15, -0.1) is 12.4 Å². The van der Waals surface area contributed by atoms with Gasteiger partial charge < -0.3 is 10.8 Å². The Balaban J connectivity index is 0.00000161. The van der Waals surface area contributed by atoms with Crippen molar-refractivity contribution in [2.75, 3.05) is 5.73 Å². The van der Waals surface area contributed by atoms with Crippen LogP contribution in [0.4, 0.5) is 5.69 Å². The van der Waals surface area contributed by atoms with E-state index in [1.165, 1.54) is 0 Å². The van der Waals surface area contributed by atoms with E-state index in [1.54, 1.807) is 18.2 Å². The van der Waals surface area contributed by atoms with Gasteiger partial charge in [0.05, 0.1) is 0 Å². The molecule has 0 fully saturated rings. The summed E-state index contributed by atoms with van der Waals surface area (Å²) in [5, 5.41) is 9.48. The molecule has 0 amide bonds. The second-order valence-electron chi connectivity index (χ2n) is 5.39. The number of Topliss-reactive ketones (excluding diaryl/α,β-unsaturated/α-hetero) is 1. The molecule has 1 atom stereocenters. The third kappa shape index (κ3) is 3.19. The molecule has 21 heavy (non-hydrogen) atoms. The van der Waals surface area contributed by atoms with Crippen molar-refractivity contribution in [2.45, 2.75) is 19.3 Å². The van der Waals surface area contributed by atoms with E-state index in [9.17, 15) is 9.90 Å². The molecule has 0 spiro atoms. The van der Waals surface area contributed by atoms with Crippen molar-refractivity contribution in [3.05, 3.63) is 59.2 Å². The first-order valence-corrected chi connectivity index (χ1v) is 6.84. The van der Waals surface area contributed by atoms with Gasteiger partial charge in [0.2, 0.25) is 0 Å². The van der Waals surface area contributed by atoms with Gasteiger partial charge in [-0.3, -0.25) is 4.79 Å². The lowest BCUT2D eigenvalue weighted by Crippen LogP contribution is -2.24. The molecule has 110 valence electrons. The first-order chi connectivity index (χ1) is 9.63. The van der Waals surface area contributed by atoms with E-state index < -0.39 is 0 Å². The molecule has 0 bridgehead atoms. The Kier molecular flexibility index (Phi) is 4.53. The molecule has 3 nitrogen and oxygen atoms in total. The van der Waals surface area contributed by atoms with Crippen molar-refractivity contribution in [2.24, 2.45) is 5.92 Å². The molecule has 1 aliphatic rings. The van der Waals surface area contributed by atoms with E-state index in [-0.39, 0.29) is 29.9 Å². The number of anilines is 1. The third-order valence-corrected chi connectivity index (χ3v) is 3.95. The van der Waals surface area contributed by atoms with Crippen LogP contribution in [0, 0.1) is 5.92 Å². The lowest BCUT2D eigenvalue weighted by atomic mass is 9.79. The van der Waals surface area contributed by atoms with Gasteiger partial charge in [-0.05, 0) is 60.7 Å². The summed E-state index contributed by atoms with van der Waals surface area (Å²) in [6.45, 7) is 0. The fourth-order valence-corrected chi connectivity index (χ4v) is 2.84. The monoisotopic (exact) mass is 303 g/mol. The summed E-state index contributed by atoms with van der Waals surface area (Å²) in [4.78, 5) is 12.5. The number of benzene rings is 2. The number of halogens is 1. The number of hydrogen-bond acceptors (Lipinski definition) is 3. The summed E-state index contributed by atoms with van der Waals surface area (Å²) in [6, 6.07) is 12.7. The molecule has 1 unspecified atom stereocenters. The normalized spacial score (nSPS) is 17.0. The zero-order valence-corrected chi connectivity index (χ0v) is 12.4. The summed E-state index contributed by atoms with van der Waals surface area (Å²) in [6.07, 6.45) is 2.42. The highest BCUT2D eigenvalue weighted by Gasteiger charge is 2.27. The van der Waals surface area contributed by atoms with Crippen LogP contribution in [0.5, 0.6) is 5.75 Å². The molecule has 1 aliphatic carbocycles. The van der Waals surface area contributed by atoms with E-state index in [0.29, 0.717) is 0 Å². The number of phenolic OH excluding ortho intramolecular Hbond substituents is 1. The van der Waals surface area contributed by atoms with Crippen molar-refractivity contribution in [3.8, 4) is 5.75 Å². The lowest BCUT2D eigenvalue weighted by molar-refractivity contribution is 0.0901. The molecule has 0 saturated heterocycles. The SMILES string of the molecule is Cl.Nc1ccc(CC2CCc3cc(O)ccc3C2=O)cc1. The molecule has 2 aromatic carbocycles. The minimum atomic E-state index is 0. The number of nitrogen functional groups attached to an aromatic ring is 1. The number of fused-ring (bicyclic) bond motifs is 1. The maximum absolute atomic E-state index is 12.5. The molecule has 4 heteroatoms. The second-order valence-corrected chi connectivity index (χ2v) is 5.39. The van der Waals surface area contributed by atoms with Crippen LogP contribution >= 0.6 is 12.4 Å². The molecule has 0 radical (unpaired) electrons.